The molecule has 1 aliphatic rings. The van der Waals surface area contributed by atoms with Crippen molar-refractivity contribution in [3.63, 3.8) is 0 Å². The van der Waals surface area contributed by atoms with Crippen LogP contribution in [0.15, 0.2) is 60.8 Å². The second kappa shape index (κ2) is 11.5. The summed E-state index contributed by atoms with van der Waals surface area (Å²) >= 11 is 6.36. The van der Waals surface area contributed by atoms with Gasteiger partial charge >= 0.3 is 51.4 Å². The summed E-state index contributed by atoms with van der Waals surface area (Å²) in [6.07, 6.45) is 6.09. The van der Waals surface area contributed by atoms with Crippen LogP contribution in [0.4, 0.5) is 5.82 Å². The van der Waals surface area contributed by atoms with E-state index in [0.717, 1.165) is 18.4 Å². The van der Waals surface area contributed by atoms with Gasteiger partial charge in [0, 0.05) is 18.3 Å². The van der Waals surface area contributed by atoms with E-state index in [2.05, 4.69) is 4.98 Å². The summed E-state index contributed by atoms with van der Waals surface area (Å²) in [4.78, 5) is 30.0. The number of aromatic nitrogens is 1. The molecule has 32 heavy (non-hydrogen) atoms. The molecule has 0 atom stereocenters. The standard InChI is InChI=1S/C25H22ClN2O3.K/c1-28(24(30)12-17-5-3-2-4-6-17)25-23(31-16-18-7-8-18)13-20(14-27-25)21-11-19(15-29)9-10-22(21)26;/h2-6,9-11,13-14,18H,7-8,12,16H2,1H3;/q-1;+1. The van der Waals surface area contributed by atoms with Gasteiger partial charge in [-0.1, -0.05) is 53.6 Å². The monoisotopic (exact) mass is 472 g/mol. The minimum atomic E-state index is -0.0849. The van der Waals surface area contributed by atoms with Gasteiger partial charge in [0.25, 0.3) is 0 Å². The molecule has 0 aliphatic heterocycles. The van der Waals surface area contributed by atoms with E-state index in [9.17, 15) is 9.59 Å². The van der Waals surface area contributed by atoms with E-state index in [1.165, 1.54) is 4.90 Å². The van der Waals surface area contributed by atoms with Gasteiger partial charge < -0.3 is 9.53 Å². The van der Waals surface area contributed by atoms with Crippen molar-refractivity contribution in [3.05, 3.63) is 76.9 Å². The molecule has 1 saturated carbocycles. The van der Waals surface area contributed by atoms with E-state index in [-0.39, 0.29) is 63.7 Å². The smallest absolute Gasteiger partial charge is 0.489 e. The number of anilines is 1. The molecular formula is C25H22ClKN2O3. The first-order valence-corrected chi connectivity index (χ1v) is 10.5. The zero-order chi connectivity index (χ0) is 21.8. The molecule has 1 fully saturated rings. The first-order chi connectivity index (χ1) is 15.0. The molecule has 2 aromatic carbocycles. The quantitative estimate of drug-likeness (QED) is 0.371. The SMILES string of the molecule is CN(C(=O)Cc1ccccc1)c1ncc(-c2cc([C-]=O)ccc2Cl)cc1OCC1CC1.[K+]. The third-order valence-corrected chi connectivity index (χ3v) is 5.62. The number of carbonyl (C=O) groups excluding carboxylic acids is 2. The van der Waals surface area contributed by atoms with E-state index >= 15 is 0 Å². The van der Waals surface area contributed by atoms with Crippen molar-refractivity contribution in [2.75, 3.05) is 18.6 Å². The summed E-state index contributed by atoms with van der Waals surface area (Å²) in [6, 6.07) is 16.4. The Morgan fingerprint density at radius 3 is 2.62 bits per heavy atom. The molecule has 0 unspecified atom stereocenters. The number of nitrogens with zero attached hydrogens (tertiary/aromatic N) is 2. The Bertz CT molecular complexity index is 1100. The second-order valence-corrected chi connectivity index (χ2v) is 8.12. The fraction of sp³-hybridized carbons (Fsp3) is 0.240. The molecule has 4 rings (SSSR count). The molecular weight excluding hydrogens is 451 g/mol. The minimum Gasteiger partial charge on any atom is -0.489 e. The Labute approximate surface area is 235 Å². The first kappa shape index (κ1) is 25.1. The molecule has 7 heteroatoms. The van der Waals surface area contributed by atoms with Crippen LogP contribution in [0.1, 0.15) is 24.0 Å². The number of amides is 1. The van der Waals surface area contributed by atoms with Gasteiger partial charge in [-0.05, 0) is 36.0 Å². The van der Waals surface area contributed by atoms with Crippen LogP contribution in [-0.2, 0) is 16.0 Å². The van der Waals surface area contributed by atoms with Crippen molar-refractivity contribution in [2.45, 2.75) is 19.3 Å². The minimum absolute atomic E-state index is 0. The molecule has 158 valence electrons. The Kier molecular flexibility index (Phi) is 9.05. The fourth-order valence-corrected chi connectivity index (χ4v) is 3.48. The normalized spacial score (nSPS) is 12.6. The Morgan fingerprint density at radius 1 is 1.19 bits per heavy atom. The molecule has 3 aromatic rings. The molecule has 1 aliphatic carbocycles. The van der Waals surface area contributed by atoms with Crippen LogP contribution >= 0.6 is 11.6 Å². The first-order valence-electron chi connectivity index (χ1n) is 10.2. The van der Waals surface area contributed by atoms with Gasteiger partial charge in [0.15, 0.2) is 11.6 Å². The van der Waals surface area contributed by atoms with E-state index in [1.807, 2.05) is 42.7 Å². The number of likely N-dealkylation sites (N-methyl/N-ethyl adjacent to an activating group) is 1. The topological polar surface area (TPSA) is 59.5 Å². The van der Waals surface area contributed by atoms with Crippen molar-refractivity contribution in [1.29, 1.82) is 0 Å². The summed E-state index contributed by atoms with van der Waals surface area (Å²) in [5, 5.41) is 0.496. The number of halogens is 1. The average molecular weight is 473 g/mol. The Balaban J connectivity index is 0.00000289. The van der Waals surface area contributed by atoms with Crippen molar-refractivity contribution in [3.8, 4) is 16.9 Å². The maximum atomic E-state index is 12.9. The van der Waals surface area contributed by atoms with Crippen molar-refractivity contribution >= 4 is 29.6 Å². The van der Waals surface area contributed by atoms with Crippen molar-refractivity contribution < 1.29 is 65.7 Å². The number of pyridine rings is 1. The molecule has 1 heterocycles. The Morgan fingerprint density at radius 2 is 1.94 bits per heavy atom. The van der Waals surface area contributed by atoms with Gasteiger partial charge in [0.1, 0.15) is 0 Å². The zero-order valence-electron chi connectivity index (χ0n) is 18.2. The number of hydrogen-bond donors (Lipinski definition) is 0. The average Bonchev–Trinajstić information content (AvgIpc) is 3.62. The van der Waals surface area contributed by atoms with E-state index < -0.39 is 0 Å². The van der Waals surface area contributed by atoms with Gasteiger partial charge in [-0.2, -0.15) is 17.7 Å². The molecule has 1 aromatic heterocycles. The molecule has 0 radical (unpaired) electrons. The van der Waals surface area contributed by atoms with Crippen molar-refractivity contribution in [1.82, 2.24) is 4.98 Å². The van der Waals surface area contributed by atoms with Gasteiger partial charge in [-0.25, -0.2) is 4.98 Å². The maximum absolute atomic E-state index is 12.9. The van der Waals surface area contributed by atoms with E-state index in [0.29, 0.717) is 45.8 Å². The van der Waals surface area contributed by atoms with Crippen LogP contribution in [-0.4, -0.2) is 30.8 Å². The van der Waals surface area contributed by atoms with Gasteiger partial charge in [-0.3, -0.25) is 9.69 Å². The number of hydrogen-bond acceptors (Lipinski definition) is 4. The van der Waals surface area contributed by atoms with E-state index in [1.54, 1.807) is 31.4 Å². The maximum Gasteiger partial charge on any atom is 1.00 e. The van der Waals surface area contributed by atoms with Gasteiger partial charge in [0.2, 0.25) is 5.91 Å². The van der Waals surface area contributed by atoms with Crippen LogP contribution in [0.3, 0.4) is 0 Å². The second-order valence-electron chi connectivity index (χ2n) is 7.71. The summed E-state index contributed by atoms with van der Waals surface area (Å²) in [7, 11) is 1.70. The zero-order valence-corrected chi connectivity index (χ0v) is 22.1. The summed E-state index contributed by atoms with van der Waals surface area (Å²) in [6.45, 7) is 0.578. The molecule has 1 amide bonds. The van der Waals surface area contributed by atoms with Crippen molar-refractivity contribution in [2.24, 2.45) is 5.92 Å². The molecule has 0 bridgehead atoms. The van der Waals surface area contributed by atoms with Crippen LogP contribution in [0.2, 0.25) is 5.02 Å². The predicted octanol–water partition coefficient (Wildman–Crippen LogP) is 1.86. The summed E-state index contributed by atoms with van der Waals surface area (Å²) in [5.41, 5.74) is 2.71. The molecule has 0 N–H and O–H groups in total. The van der Waals surface area contributed by atoms with Gasteiger partial charge in [0.05, 0.1) is 19.3 Å². The summed E-state index contributed by atoms with van der Waals surface area (Å²) < 4.78 is 6.06. The van der Waals surface area contributed by atoms with E-state index in [4.69, 9.17) is 16.3 Å². The molecule has 5 nitrogen and oxygen atoms in total. The Hall–Kier alpha value is -1.54. The number of ether oxygens (including phenoxy) is 1. The fourth-order valence-electron chi connectivity index (χ4n) is 3.25. The van der Waals surface area contributed by atoms with Gasteiger partial charge in [-0.15, -0.1) is 0 Å². The van der Waals surface area contributed by atoms with Crippen LogP contribution in [0.25, 0.3) is 11.1 Å². The summed E-state index contributed by atoms with van der Waals surface area (Å²) in [5.74, 6) is 1.43. The number of rotatable bonds is 8. The third kappa shape index (κ3) is 6.28. The predicted molar refractivity (Wildman–Crippen MR) is 121 cm³/mol. The third-order valence-electron chi connectivity index (χ3n) is 5.29. The largest absolute Gasteiger partial charge is 1.00 e. The number of carbonyl (C=O) groups is 1. The van der Waals surface area contributed by atoms with Crippen LogP contribution < -0.4 is 61.0 Å². The molecule has 0 spiro atoms. The van der Waals surface area contributed by atoms with Crippen LogP contribution in [0, 0.1) is 5.92 Å². The number of benzene rings is 2. The molecule has 0 saturated heterocycles. The van der Waals surface area contributed by atoms with Crippen LogP contribution in [0.5, 0.6) is 5.75 Å².